The first kappa shape index (κ1) is 13.2. The van der Waals surface area contributed by atoms with Gasteiger partial charge in [-0.05, 0) is 45.8 Å². The molecule has 1 heterocycles. The third-order valence-corrected chi connectivity index (χ3v) is 3.38. The summed E-state index contributed by atoms with van der Waals surface area (Å²) in [6, 6.07) is 7.45. The van der Waals surface area contributed by atoms with E-state index in [-0.39, 0.29) is 17.2 Å². The van der Waals surface area contributed by atoms with Gasteiger partial charge < -0.3 is 0 Å². The number of nitrogens with zero attached hydrogens (tertiary/aromatic N) is 1. The van der Waals surface area contributed by atoms with Crippen LogP contribution in [0.5, 0.6) is 0 Å². The molecule has 2 nitrogen and oxygen atoms in total. The Morgan fingerprint density at radius 3 is 2.83 bits per heavy atom. The van der Waals surface area contributed by atoms with Crippen LogP contribution in [0.15, 0.2) is 41.0 Å². The largest absolute Gasteiger partial charge is 0.292 e. The van der Waals surface area contributed by atoms with Gasteiger partial charge in [-0.1, -0.05) is 17.7 Å². The van der Waals surface area contributed by atoms with E-state index in [0.29, 0.717) is 15.7 Å². The van der Waals surface area contributed by atoms with Crippen LogP contribution >= 0.6 is 27.5 Å². The topological polar surface area (TPSA) is 30.0 Å². The van der Waals surface area contributed by atoms with Crippen molar-refractivity contribution in [3.8, 4) is 0 Å². The van der Waals surface area contributed by atoms with Crippen LogP contribution in [-0.2, 0) is 6.42 Å². The Bertz CT molecular complexity index is 603. The molecule has 0 N–H and O–H groups in total. The van der Waals surface area contributed by atoms with Gasteiger partial charge in [-0.3, -0.25) is 9.78 Å². The van der Waals surface area contributed by atoms with E-state index in [4.69, 9.17) is 11.6 Å². The molecule has 0 radical (unpaired) electrons. The second kappa shape index (κ2) is 5.59. The lowest BCUT2D eigenvalue weighted by molar-refractivity contribution is 0.0987. The molecule has 0 amide bonds. The van der Waals surface area contributed by atoms with Crippen molar-refractivity contribution in [3.63, 3.8) is 0 Å². The van der Waals surface area contributed by atoms with E-state index in [2.05, 4.69) is 20.9 Å². The van der Waals surface area contributed by atoms with E-state index in [1.165, 1.54) is 18.2 Å². The second-order valence-electron chi connectivity index (χ2n) is 3.67. The minimum absolute atomic E-state index is 0.0920. The van der Waals surface area contributed by atoms with E-state index >= 15 is 0 Å². The summed E-state index contributed by atoms with van der Waals surface area (Å²) in [5.74, 6) is -0.591. The number of hydrogen-bond acceptors (Lipinski definition) is 2. The second-order valence-corrected chi connectivity index (χ2v) is 4.93. The Morgan fingerprint density at radius 2 is 2.17 bits per heavy atom. The highest BCUT2D eigenvalue weighted by molar-refractivity contribution is 9.10. The highest BCUT2D eigenvalue weighted by atomic mass is 79.9. The number of aromatic nitrogens is 1. The number of hydrogen-bond donors (Lipinski definition) is 0. The van der Waals surface area contributed by atoms with Crippen molar-refractivity contribution in [2.24, 2.45) is 0 Å². The summed E-state index contributed by atoms with van der Waals surface area (Å²) in [5, 5.41) is 0.246. The third-order valence-electron chi connectivity index (χ3n) is 2.39. The molecule has 0 spiro atoms. The summed E-state index contributed by atoms with van der Waals surface area (Å²) in [7, 11) is 0. The van der Waals surface area contributed by atoms with Gasteiger partial charge in [-0.2, -0.15) is 0 Å². The smallest absolute Gasteiger partial charge is 0.186 e. The number of rotatable bonds is 3. The van der Waals surface area contributed by atoms with Crippen molar-refractivity contribution in [2.75, 3.05) is 0 Å². The minimum atomic E-state index is -0.421. The fourth-order valence-corrected chi connectivity index (χ4v) is 2.22. The first-order valence-corrected chi connectivity index (χ1v) is 6.32. The summed E-state index contributed by atoms with van der Waals surface area (Å²) in [6.45, 7) is 0. The normalized spacial score (nSPS) is 10.4. The predicted octanol–water partition coefficient (Wildman–Crippen LogP) is 4.06. The van der Waals surface area contributed by atoms with E-state index in [0.717, 1.165) is 0 Å². The van der Waals surface area contributed by atoms with Crippen molar-refractivity contribution >= 4 is 33.3 Å². The molecular formula is C13H8BrClFNO. The molecule has 92 valence electrons. The van der Waals surface area contributed by atoms with E-state index in [9.17, 15) is 9.18 Å². The molecule has 0 aliphatic carbocycles. The van der Waals surface area contributed by atoms with Gasteiger partial charge in [-0.15, -0.1) is 0 Å². The highest BCUT2D eigenvalue weighted by Gasteiger charge is 2.13. The Kier molecular flexibility index (Phi) is 4.09. The molecule has 2 rings (SSSR count). The molecule has 0 saturated heterocycles. The maximum Gasteiger partial charge on any atom is 0.186 e. The number of carbonyl (C=O) groups is 1. The molecule has 0 bridgehead atoms. The van der Waals surface area contributed by atoms with Crippen molar-refractivity contribution in [1.82, 2.24) is 4.98 Å². The zero-order valence-electron chi connectivity index (χ0n) is 9.16. The van der Waals surface area contributed by atoms with Crippen LogP contribution in [0.3, 0.4) is 0 Å². The molecule has 0 unspecified atom stereocenters. The van der Waals surface area contributed by atoms with Gasteiger partial charge in [0.2, 0.25) is 0 Å². The molecule has 0 atom stereocenters. The Hall–Kier alpha value is -1.26. The summed E-state index contributed by atoms with van der Waals surface area (Å²) in [6.07, 6.45) is 1.64. The monoisotopic (exact) mass is 327 g/mol. The van der Waals surface area contributed by atoms with Gasteiger partial charge in [0.25, 0.3) is 0 Å². The lowest BCUT2D eigenvalue weighted by Crippen LogP contribution is -2.07. The van der Waals surface area contributed by atoms with Crippen LogP contribution in [0.1, 0.15) is 16.1 Å². The first-order valence-electron chi connectivity index (χ1n) is 5.15. The van der Waals surface area contributed by atoms with Gasteiger partial charge in [0, 0.05) is 22.1 Å². The fraction of sp³-hybridized carbons (Fsp3) is 0.0769. The van der Waals surface area contributed by atoms with Crippen LogP contribution in [-0.4, -0.2) is 10.8 Å². The molecule has 2 aromatic rings. The van der Waals surface area contributed by atoms with Gasteiger partial charge >= 0.3 is 0 Å². The van der Waals surface area contributed by atoms with Gasteiger partial charge in [0.05, 0.1) is 0 Å². The van der Waals surface area contributed by atoms with Crippen molar-refractivity contribution < 1.29 is 9.18 Å². The summed E-state index contributed by atoms with van der Waals surface area (Å²) in [4.78, 5) is 16.0. The molecule has 0 saturated carbocycles. The third kappa shape index (κ3) is 2.94. The molecule has 1 aromatic carbocycles. The molecule has 0 fully saturated rings. The van der Waals surface area contributed by atoms with Gasteiger partial charge in [0.1, 0.15) is 11.5 Å². The number of pyridine rings is 1. The number of halogens is 3. The van der Waals surface area contributed by atoms with Crippen molar-refractivity contribution in [2.45, 2.75) is 6.42 Å². The standard InChI is InChI=1S/C13H8BrClFNO/c14-10-2-1-5-17-13(10)12(18)6-8-3-4-9(16)7-11(8)15/h1-5,7H,6H2. The predicted molar refractivity (Wildman–Crippen MR) is 71.4 cm³/mol. The Labute approximate surface area is 117 Å². The lowest BCUT2D eigenvalue weighted by atomic mass is 10.1. The quantitative estimate of drug-likeness (QED) is 0.795. The zero-order chi connectivity index (χ0) is 13.1. The van der Waals surface area contributed by atoms with Crippen LogP contribution in [0.25, 0.3) is 0 Å². The molecule has 0 aliphatic heterocycles. The molecular weight excluding hydrogens is 321 g/mol. The van der Waals surface area contributed by atoms with Crippen LogP contribution in [0.4, 0.5) is 4.39 Å². The average Bonchev–Trinajstić information content (AvgIpc) is 2.33. The molecule has 5 heteroatoms. The maximum atomic E-state index is 12.9. The first-order chi connectivity index (χ1) is 8.58. The number of ketones is 1. The Morgan fingerprint density at radius 1 is 1.39 bits per heavy atom. The maximum absolute atomic E-state index is 12.9. The molecule has 0 aliphatic rings. The summed E-state index contributed by atoms with van der Waals surface area (Å²) in [5.41, 5.74) is 0.929. The number of Topliss-reactive ketones (excluding diaryl/α,β-unsaturated/α-hetero) is 1. The summed E-state index contributed by atoms with van der Waals surface area (Å²) < 4.78 is 13.5. The molecule has 18 heavy (non-hydrogen) atoms. The van der Waals surface area contributed by atoms with E-state index in [1.807, 2.05) is 0 Å². The zero-order valence-corrected chi connectivity index (χ0v) is 11.5. The lowest BCUT2D eigenvalue weighted by Gasteiger charge is -2.04. The van der Waals surface area contributed by atoms with Crippen molar-refractivity contribution in [3.05, 3.63) is 63.1 Å². The van der Waals surface area contributed by atoms with E-state index in [1.54, 1.807) is 18.3 Å². The van der Waals surface area contributed by atoms with Gasteiger partial charge in [0.15, 0.2) is 5.78 Å². The average molecular weight is 329 g/mol. The summed E-state index contributed by atoms with van der Waals surface area (Å²) >= 11 is 9.14. The highest BCUT2D eigenvalue weighted by Crippen LogP contribution is 2.21. The number of benzene rings is 1. The van der Waals surface area contributed by atoms with Crippen LogP contribution in [0.2, 0.25) is 5.02 Å². The van der Waals surface area contributed by atoms with Crippen LogP contribution in [0, 0.1) is 5.82 Å². The van der Waals surface area contributed by atoms with E-state index < -0.39 is 5.82 Å². The molecule has 1 aromatic heterocycles. The van der Waals surface area contributed by atoms with Gasteiger partial charge in [-0.25, -0.2) is 4.39 Å². The Balaban J connectivity index is 2.24. The number of carbonyl (C=O) groups excluding carboxylic acids is 1. The van der Waals surface area contributed by atoms with Crippen molar-refractivity contribution in [1.29, 1.82) is 0 Å². The SMILES string of the molecule is O=C(Cc1ccc(F)cc1Cl)c1ncccc1Br. The fourth-order valence-electron chi connectivity index (χ4n) is 1.51. The van der Waals surface area contributed by atoms with Crippen LogP contribution < -0.4 is 0 Å². The minimum Gasteiger partial charge on any atom is -0.292 e.